The van der Waals surface area contributed by atoms with Crippen molar-refractivity contribution in [3.63, 3.8) is 0 Å². The smallest absolute Gasteiger partial charge is 0.308 e. The predicted octanol–water partition coefficient (Wildman–Crippen LogP) is 1.42. The fourth-order valence-corrected chi connectivity index (χ4v) is 2.80. The topological polar surface area (TPSA) is 71.2 Å². The molecule has 3 rings (SSSR count). The Labute approximate surface area is 123 Å². The van der Waals surface area contributed by atoms with Gasteiger partial charge in [0.1, 0.15) is 0 Å². The Hall–Kier alpha value is -2.21. The third-order valence-corrected chi connectivity index (χ3v) is 3.92. The van der Waals surface area contributed by atoms with Crippen molar-refractivity contribution in [3.05, 3.63) is 42.2 Å². The minimum atomic E-state index is -0.710. The molecule has 0 saturated carbocycles. The van der Waals surface area contributed by atoms with Gasteiger partial charge >= 0.3 is 5.97 Å². The van der Waals surface area contributed by atoms with Crippen LogP contribution >= 0.6 is 0 Å². The van der Waals surface area contributed by atoms with Crippen LogP contribution in [0.4, 0.5) is 0 Å². The maximum absolute atomic E-state index is 11.1. The van der Waals surface area contributed by atoms with E-state index in [1.54, 1.807) is 11.0 Å². The number of para-hydroxylation sites is 1. The lowest BCUT2D eigenvalue weighted by molar-refractivity contribution is -0.142. The van der Waals surface area contributed by atoms with Crippen LogP contribution in [0.25, 0.3) is 5.69 Å². The molecule has 0 amide bonds. The molecule has 0 unspecified atom stereocenters. The van der Waals surface area contributed by atoms with Crippen molar-refractivity contribution in [2.45, 2.75) is 13.5 Å². The lowest BCUT2D eigenvalue weighted by Gasteiger charge is -2.12. The molecule has 1 aliphatic heterocycles. The van der Waals surface area contributed by atoms with Crippen molar-refractivity contribution in [1.82, 2.24) is 19.9 Å². The van der Waals surface area contributed by atoms with Gasteiger partial charge in [-0.15, -0.1) is 0 Å². The van der Waals surface area contributed by atoms with Crippen molar-refractivity contribution in [2.75, 3.05) is 13.1 Å². The molecule has 6 heteroatoms. The number of aliphatic carboxylic acids is 1. The molecule has 2 atom stereocenters. The fraction of sp³-hybridized carbons (Fsp3) is 0.400. The van der Waals surface area contributed by atoms with Crippen LogP contribution in [0.15, 0.2) is 36.5 Å². The molecule has 1 aliphatic rings. The summed E-state index contributed by atoms with van der Waals surface area (Å²) in [5.74, 6) is -0.821. The van der Waals surface area contributed by atoms with Crippen molar-refractivity contribution in [3.8, 4) is 5.69 Å². The van der Waals surface area contributed by atoms with E-state index in [0.29, 0.717) is 13.1 Å². The Morgan fingerprint density at radius 3 is 2.76 bits per heavy atom. The molecule has 1 saturated heterocycles. The summed E-state index contributed by atoms with van der Waals surface area (Å²) in [4.78, 5) is 14.9. The number of carboxylic acid groups (broad SMARTS) is 1. The molecule has 1 aromatic heterocycles. The highest BCUT2D eigenvalue weighted by Crippen LogP contribution is 2.24. The first-order valence-electron chi connectivity index (χ1n) is 7.05. The highest BCUT2D eigenvalue weighted by atomic mass is 16.4. The minimum absolute atomic E-state index is 0.173. The van der Waals surface area contributed by atoms with Gasteiger partial charge < -0.3 is 5.11 Å². The Bertz CT molecular complexity index is 626. The number of aromatic nitrogens is 3. The summed E-state index contributed by atoms with van der Waals surface area (Å²) in [6.07, 6.45) is 1.74. The molecule has 110 valence electrons. The number of carbonyl (C=O) groups is 1. The van der Waals surface area contributed by atoms with Crippen LogP contribution in [0, 0.1) is 11.8 Å². The second-order valence-corrected chi connectivity index (χ2v) is 5.58. The van der Waals surface area contributed by atoms with E-state index >= 15 is 0 Å². The second-order valence-electron chi connectivity index (χ2n) is 5.58. The van der Waals surface area contributed by atoms with Gasteiger partial charge in [-0.05, 0) is 18.1 Å². The normalized spacial score (nSPS) is 22.5. The number of hydrogen-bond donors (Lipinski definition) is 1. The lowest BCUT2D eigenvalue weighted by Crippen LogP contribution is -2.23. The maximum Gasteiger partial charge on any atom is 0.308 e. The van der Waals surface area contributed by atoms with Gasteiger partial charge in [0.15, 0.2) is 0 Å². The first-order chi connectivity index (χ1) is 10.1. The highest BCUT2D eigenvalue weighted by Gasteiger charge is 2.34. The van der Waals surface area contributed by atoms with Crippen LogP contribution in [0.1, 0.15) is 12.6 Å². The number of hydrogen-bond acceptors (Lipinski definition) is 4. The van der Waals surface area contributed by atoms with Crippen LogP contribution in [-0.4, -0.2) is 44.1 Å². The number of rotatable bonds is 4. The van der Waals surface area contributed by atoms with Gasteiger partial charge in [0.05, 0.1) is 23.5 Å². The molecule has 1 N–H and O–H groups in total. The zero-order valence-electron chi connectivity index (χ0n) is 11.9. The summed E-state index contributed by atoms with van der Waals surface area (Å²) >= 11 is 0. The number of carboxylic acids is 1. The third-order valence-electron chi connectivity index (χ3n) is 3.92. The van der Waals surface area contributed by atoms with Gasteiger partial charge in [-0.25, -0.2) is 0 Å². The molecule has 21 heavy (non-hydrogen) atoms. The van der Waals surface area contributed by atoms with Crippen LogP contribution in [0.5, 0.6) is 0 Å². The monoisotopic (exact) mass is 286 g/mol. The molecule has 0 aliphatic carbocycles. The second kappa shape index (κ2) is 5.65. The van der Waals surface area contributed by atoms with Gasteiger partial charge in [-0.3, -0.25) is 9.69 Å². The average molecular weight is 286 g/mol. The molecular weight excluding hydrogens is 268 g/mol. The van der Waals surface area contributed by atoms with Crippen molar-refractivity contribution in [1.29, 1.82) is 0 Å². The zero-order valence-corrected chi connectivity index (χ0v) is 11.9. The average Bonchev–Trinajstić information content (AvgIpc) is 3.07. The fourth-order valence-electron chi connectivity index (χ4n) is 2.80. The van der Waals surface area contributed by atoms with E-state index in [-0.39, 0.29) is 11.8 Å². The van der Waals surface area contributed by atoms with Crippen LogP contribution in [0.3, 0.4) is 0 Å². The quantitative estimate of drug-likeness (QED) is 0.920. The third kappa shape index (κ3) is 2.95. The Balaban J connectivity index is 1.67. The standard InChI is InChI=1S/C15H18N4O2/c1-11-8-18(10-14(11)15(20)21)9-12-7-16-19(17-12)13-5-3-2-4-6-13/h2-7,11,14H,8-10H2,1H3,(H,20,21)/t11-,14-/m1/s1. The summed E-state index contributed by atoms with van der Waals surface area (Å²) in [5, 5.41) is 17.9. The number of benzene rings is 1. The van der Waals surface area contributed by atoms with Gasteiger partial charge in [0.2, 0.25) is 0 Å². The number of likely N-dealkylation sites (tertiary alicyclic amines) is 1. The summed E-state index contributed by atoms with van der Waals surface area (Å²) < 4.78 is 0. The van der Waals surface area contributed by atoms with Crippen molar-refractivity contribution in [2.24, 2.45) is 11.8 Å². The van der Waals surface area contributed by atoms with Crippen LogP contribution in [-0.2, 0) is 11.3 Å². The molecule has 0 bridgehead atoms. The summed E-state index contributed by atoms with van der Waals surface area (Å²) in [7, 11) is 0. The first kappa shape index (κ1) is 13.8. The molecule has 0 spiro atoms. The van der Waals surface area contributed by atoms with E-state index in [9.17, 15) is 4.79 Å². The molecule has 1 aromatic carbocycles. The van der Waals surface area contributed by atoms with Gasteiger partial charge in [-0.2, -0.15) is 15.0 Å². The Kier molecular flexibility index (Phi) is 3.70. The SMILES string of the molecule is C[C@@H]1CN(Cc2cnn(-c3ccccc3)n2)C[C@H]1C(=O)O. The summed E-state index contributed by atoms with van der Waals surface area (Å²) in [6.45, 7) is 3.99. The molecule has 2 heterocycles. The number of nitrogens with zero attached hydrogens (tertiary/aromatic N) is 4. The maximum atomic E-state index is 11.1. The Morgan fingerprint density at radius 1 is 1.33 bits per heavy atom. The first-order valence-corrected chi connectivity index (χ1v) is 7.05. The largest absolute Gasteiger partial charge is 0.481 e. The molecule has 2 aromatic rings. The zero-order chi connectivity index (χ0) is 14.8. The van der Waals surface area contributed by atoms with E-state index in [4.69, 9.17) is 5.11 Å². The summed E-state index contributed by atoms with van der Waals surface area (Å²) in [5.41, 5.74) is 1.78. The van der Waals surface area contributed by atoms with E-state index < -0.39 is 5.97 Å². The highest BCUT2D eigenvalue weighted by molar-refractivity contribution is 5.71. The predicted molar refractivity (Wildman–Crippen MR) is 76.9 cm³/mol. The van der Waals surface area contributed by atoms with Gasteiger partial charge in [0, 0.05) is 19.6 Å². The van der Waals surface area contributed by atoms with Gasteiger partial charge in [0.25, 0.3) is 0 Å². The lowest BCUT2D eigenvalue weighted by atomic mass is 9.99. The van der Waals surface area contributed by atoms with E-state index in [0.717, 1.165) is 17.9 Å². The van der Waals surface area contributed by atoms with E-state index in [1.165, 1.54) is 0 Å². The van der Waals surface area contributed by atoms with Gasteiger partial charge in [-0.1, -0.05) is 25.1 Å². The molecule has 0 radical (unpaired) electrons. The van der Waals surface area contributed by atoms with Crippen molar-refractivity contribution >= 4 is 5.97 Å². The minimum Gasteiger partial charge on any atom is -0.481 e. The van der Waals surface area contributed by atoms with Crippen LogP contribution < -0.4 is 0 Å². The van der Waals surface area contributed by atoms with Crippen molar-refractivity contribution < 1.29 is 9.90 Å². The summed E-state index contributed by atoms with van der Waals surface area (Å²) in [6, 6.07) is 9.73. The molecule has 1 fully saturated rings. The Morgan fingerprint density at radius 2 is 2.10 bits per heavy atom. The molecular formula is C15H18N4O2. The van der Waals surface area contributed by atoms with E-state index in [2.05, 4.69) is 15.1 Å². The van der Waals surface area contributed by atoms with Crippen LogP contribution in [0.2, 0.25) is 0 Å². The molecule has 6 nitrogen and oxygen atoms in total. The van der Waals surface area contributed by atoms with E-state index in [1.807, 2.05) is 37.3 Å².